The molecule has 1 atom stereocenters. The Morgan fingerprint density at radius 1 is 1.48 bits per heavy atom. The minimum absolute atomic E-state index is 0.132. The molecule has 2 amide bonds. The van der Waals surface area contributed by atoms with Crippen molar-refractivity contribution in [3.8, 4) is 0 Å². The van der Waals surface area contributed by atoms with Crippen molar-refractivity contribution in [1.29, 1.82) is 0 Å². The molecule has 0 spiro atoms. The number of aliphatic hydroxyl groups is 1. The van der Waals surface area contributed by atoms with E-state index < -0.39 is 12.0 Å². The number of aromatic amines is 1. The normalized spacial score (nSPS) is 17.5. The Bertz CT molecular complexity index is 469. The summed E-state index contributed by atoms with van der Waals surface area (Å²) in [5.41, 5.74) is 0.654. The molecule has 0 bridgehead atoms. The van der Waals surface area contributed by atoms with Crippen molar-refractivity contribution in [3.05, 3.63) is 18.2 Å². The number of piperidine rings is 1. The Balaban J connectivity index is 1.88. The van der Waals surface area contributed by atoms with Gasteiger partial charge in [0.1, 0.15) is 6.04 Å². The highest BCUT2D eigenvalue weighted by atomic mass is 16.4. The molecule has 0 aliphatic carbocycles. The summed E-state index contributed by atoms with van der Waals surface area (Å²) < 4.78 is 0. The third-order valence-electron chi connectivity index (χ3n) is 3.73. The highest BCUT2D eigenvalue weighted by molar-refractivity contribution is 5.82. The van der Waals surface area contributed by atoms with Gasteiger partial charge in [-0.3, -0.25) is 0 Å². The summed E-state index contributed by atoms with van der Waals surface area (Å²) in [6.45, 7) is 1.20. The summed E-state index contributed by atoms with van der Waals surface area (Å²) in [4.78, 5) is 31.6. The van der Waals surface area contributed by atoms with Gasteiger partial charge >= 0.3 is 12.0 Å². The number of nitrogens with one attached hydrogen (secondary N) is 2. The maximum Gasteiger partial charge on any atom is 0.326 e. The molecule has 2 rings (SSSR count). The highest BCUT2D eigenvalue weighted by Gasteiger charge is 2.26. The number of amides is 2. The lowest BCUT2D eigenvalue weighted by Gasteiger charge is -2.32. The van der Waals surface area contributed by atoms with Gasteiger partial charge in [0.05, 0.1) is 6.33 Å². The van der Waals surface area contributed by atoms with Crippen LogP contribution >= 0.6 is 0 Å². The SMILES string of the molecule is O=C(O)[C@H](Cc1cnc[nH]1)NC(=O)N1CCC(CO)CC1. The zero-order chi connectivity index (χ0) is 15.2. The van der Waals surface area contributed by atoms with E-state index in [1.54, 1.807) is 4.90 Å². The Morgan fingerprint density at radius 3 is 2.71 bits per heavy atom. The average molecular weight is 296 g/mol. The first-order valence-corrected chi connectivity index (χ1v) is 6.96. The Labute approximate surface area is 122 Å². The van der Waals surface area contributed by atoms with Gasteiger partial charge in [0.25, 0.3) is 0 Å². The number of hydrogen-bond donors (Lipinski definition) is 4. The summed E-state index contributed by atoms with van der Waals surface area (Å²) in [5, 5.41) is 20.8. The minimum atomic E-state index is -1.08. The summed E-state index contributed by atoms with van der Waals surface area (Å²) in [6.07, 6.45) is 4.64. The first kappa shape index (κ1) is 15.3. The first-order valence-electron chi connectivity index (χ1n) is 6.96. The van der Waals surface area contributed by atoms with Crippen LogP contribution < -0.4 is 5.32 Å². The van der Waals surface area contributed by atoms with E-state index >= 15 is 0 Å². The van der Waals surface area contributed by atoms with Crippen LogP contribution in [0.15, 0.2) is 12.5 Å². The molecule has 8 nitrogen and oxygen atoms in total. The van der Waals surface area contributed by atoms with Gasteiger partial charge in [0.2, 0.25) is 0 Å². The molecule has 1 aliphatic rings. The van der Waals surface area contributed by atoms with E-state index in [-0.39, 0.29) is 25.0 Å². The summed E-state index contributed by atoms with van der Waals surface area (Å²) in [5.74, 6) is -0.850. The third-order valence-corrected chi connectivity index (χ3v) is 3.73. The van der Waals surface area contributed by atoms with Crippen molar-refractivity contribution in [2.45, 2.75) is 25.3 Å². The number of urea groups is 1. The minimum Gasteiger partial charge on any atom is -0.480 e. The Kier molecular flexibility index (Phi) is 5.15. The number of aliphatic carboxylic acids is 1. The number of carboxylic acids is 1. The number of nitrogens with zero attached hydrogens (tertiary/aromatic N) is 2. The van der Waals surface area contributed by atoms with E-state index in [1.807, 2.05) is 0 Å². The standard InChI is InChI=1S/C13H20N4O4/c18-7-9-1-3-17(4-2-9)13(21)16-11(12(19)20)5-10-6-14-8-15-10/h6,8-9,11,18H,1-5,7H2,(H,14,15)(H,16,21)(H,19,20)/t11-/m0/s1. The molecule has 0 radical (unpaired) electrons. The lowest BCUT2D eigenvalue weighted by molar-refractivity contribution is -0.139. The maximum atomic E-state index is 12.1. The number of hydrogen-bond acceptors (Lipinski definition) is 4. The number of aliphatic hydroxyl groups excluding tert-OH is 1. The molecule has 0 aromatic carbocycles. The first-order chi connectivity index (χ1) is 10.1. The van der Waals surface area contributed by atoms with Crippen LogP contribution in [0, 0.1) is 5.92 Å². The van der Waals surface area contributed by atoms with Crippen molar-refractivity contribution in [1.82, 2.24) is 20.2 Å². The molecular formula is C13H20N4O4. The van der Waals surface area contributed by atoms with Crippen molar-refractivity contribution >= 4 is 12.0 Å². The molecule has 8 heteroatoms. The summed E-state index contributed by atoms with van der Waals surface area (Å²) >= 11 is 0. The quantitative estimate of drug-likeness (QED) is 0.601. The van der Waals surface area contributed by atoms with Crippen LogP contribution in [0.5, 0.6) is 0 Å². The molecule has 1 aromatic heterocycles. The van der Waals surface area contributed by atoms with Crippen LogP contribution in [0.2, 0.25) is 0 Å². The summed E-state index contributed by atoms with van der Waals surface area (Å²) in [7, 11) is 0. The number of likely N-dealkylation sites (tertiary alicyclic amines) is 1. The van der Waals surface area contributed by atoms with Crippen molar-refractivity contribution < 1.29 is 19.8 Å². The zero-order valence-corrected chi connectivity index (χ0v) is 11.7. The number of H-pyrrole nitrogens is 1. The van der Waals surface area contributed by atoms with Gasteiger partial charge < -0.3 is 25.4 Å². The second kappa shape index (κ2) is 7.07. The van der Waals surface area contributed by atoms with Gasteiger partial charge in [-0.2, -0.15) is 0 Å². The molecule has 4 N–H and O–H groups in total. The van der Waals surface area contributed by atoms with Gasteiger partial charge in [-0.05, 0) is 18.8 Å². The fourth-order valence-corrected chi connectivity index (χ4v) is 2.38. The zero-order valence-electron chi connectivity index (χ0n) is 11.7. The third kappa shape index (κ3) is 4.19. The van der Waals surface area contributed by atoms with E-state index in [2.05, 4.69) is 15.3 Å². The van der Waals surface area contributed by atoms with Gasteiger partial charge in [-0.15, -0.1) is 0 Å². The van der Waals surface area contributed by atoms with Crippen LogP contribution in [-0.4, -0.2) is 62.8 Å². The average Bonchev–Trinajstić information content (AvgIpc) is 2.99. The molecule has 1 aliphatic heterocycles. The smallest absolute Gasteiger partial charge is 0.326 e. The molecule has 0 unspecified atom stereocenters. The van der Waals surface area contributed by atoms with Gasteiger partial charge in [-0.1, -0.05) is 0 Å². The molecule has 21 heavy (non-hydrogen) atoms. The van der Waals surface area contributed by atoms with E-state index in [4.69, 9.17) is 5.11 Å². The van der Waals surface area contributed by atoms with Crippen LogP contribution in [0.25, 0.3) is 0 Å². The number of imidazole rings is 1. The van der Waals surface area contributed by atoms with E-state index in [9.17, 15) is 14.7 Å². The fourth-order valence-electron chi connectivity index (χ4n) is 2.38. The Hall–Kier alpha value is -2.09. The number of carbonyl (C=O) groups is 2. The van der Waals surface area contributed by atoms with Gasteiger partial charge in [-0.25, -0.2) is 14.6 Å². The number of carbonyl (C=O) groups excluding carboxylic acids is 1. The number of aromatic nitrogens is 2. The van der Waals surface area contributed by atoms with Crippen LogP contribution in [0.3, 0.4) is 0 Å². The second-order valence-electron chi connectivity index (χ2n) is 5.23. The predicted octanol–water partition coefficient (Wildman–Crippen LogP) is -0.181. The van der Waals surface area contributed by atoms with Crippen LogP contribution in [0.1, 0.15) is 18.5 Å². The monoisotopic (exact) mass is 296 g/mol. The van der Waals surface area contributed by atoms with Crippen LogP contribution in [0.4, 0.5) is 4.79 Å². The van der Waals surface area contributed by atoms with E-state index in [1.165, 1.54) is 12.5 Å². The summed E-state index contributed by atoms with van der Waals surface area (Å²) in [6, 6.07) is -1.37. The molecule has 1 fully saturated rings. The number of carboxylic acid groups (broad SMARTS) is 1. The van der Waals surface area contributed by atoms with E-state index in [0.717, 1.165) is 12.8 Å². The maximum absolute atomic E-state index is 12.1. The van der Waals surface area contributed by atoms with E-state index in [0.29, 0.717) is 18.8 Å². The topological polar surface area (TPSA) is 119 Å². The van der Waals surface area contributed by atoms with Crippen molar-refractivity contribution in [2.24, 2.45) is 5.92 Å². The highest BCUT2D eigenvalue weighted by Crippen LogP contribution is 2.16. The molecule has 116 valence electrons. The predicted molar refractivity (Wildman–Crippen MR) is 73.6 cm³/mol. The van der Waals surface area contributed by atoms with Gasteiger partial charge in [0.15, 0.2) is 0 Å². The molecule has 1 aromatic rings. The second-order valence-corrected chi connectivity index (χ2v) is 5.23. The van der Waals surface area contributed by atoms with Crippen molar-refractivity contribution in [2.75, 3.05) is 19.7 Å². The molecule has 1 saturated heterocycles. The van der Waals surface area contributed by atoms with Crippen molar-refractivity contribution in [3.63, 3.8) is 0 Å². The molecule has 2 heterocycles. The molecule has 0 saturated carbocycles. The Morgan fingerprint density at radius 2 is 2.19 bits per heavy atom. The van der Waals surface area contributed by atoms with Gasteiger partial charge in [0, 0.05) is 38.0 Å². The number of rotatable bonds is 5. The largest absolute Gasteiger partial charge is 0.480 e. The lowest BCUT2D eigenvalue weighted by atomic mass is 9.98. The molecular weight excluding hydrogens is 276 g/mol. The fraction of sp³-hybridized carbons (Fsp3) is 0.615. The lowest BCUT2D eigenvalue weighted by Crippen LogP contribution is -2.51. The van der Waals surface area contributed by atoms with Crippen LogP contribution in [-0.2, 0) is 11.2 Å².